The summed E-state index contributed by atoms with van der Waals surface area (Å²) in [6, 6.07) is 19.4. The van der Waals surface area contributed by atoms with Gasteiger partial charge in [0.25, 0.3) is 0 Å². The molecule has 2 unspecified atom stereocenters. The lowest BCUT2D eigenvalue weighted by Gasteiger charge is -2.61. The van der Waals surface area contributed by atoms with E-state index < -0.39 is 22.8 Å². The summed E-state index contributed by atoms with van der Waals surface area (Å²) in [5.41, 5.74) is 1.01. The average molecular weight is 648 g/mol. The average Bonchev–Trinajstić information content (AvgIpc) is 2.99. The molecule has 2 aromatic carbocycles. The van der Waals surface area contributed by atoms with Crippen LogP contribution in [0, 0.1) is 39.9 Å². The standard InChI is InChI=1S/C19H25NO2.C12H16O4.C7H8O.CH4/c1-18-8-15-7-16(9-18)11-19(10-15,13-18)20-17(21)22-12-14-5-3-2-4-6-14;13-9(14)11-2-7-1-8(4-11)5-12(3-7,6-11)10(15)16;8-6-7-4-2-1-3-5-7;/h2-6,15-16H,7-13H2,1H3,(H,20,21);7-8H,1-6H2,(H,13,14)(H,15,16);1-5,8H,6H2;1H4. The number of rotatable bonds is 6. The van der Waals surface area contributed by atoms with Crippen molar-refractivity contribution in [3.05, 3.63) is 71.8 Å². The number of aliphatic hydroxyl groups is 1. The molecule has 0 radical (unpaired) electrons. The number of carboxylic acids is 2. The number of benzene rings is 2. The number of nitrogens with one attached hydrogen (secondary N) is 1. The number of ether oxygens (including phenoxy) is 1. The summed E-state index contributed by atoms with van der Waals surface area (Å²) in [5.74, 6) is 0.725. The van der Waals surface area contributed by atoms with Crippen molar-refractivity contribution in [1.82, 2.24) is 5.32 Å². The highest BCUT2D eigenvalue weighted by Crippen LogP contribution is 2.65. The van der Waals surface area contributed by atoms with Gasteiger partial charge >= 0.3 is 18.0 Å². The van der Waals surface area contributed by atoms with Crippen molar-refractivity contribution >= 4 is 18.0 Å². The van der Waals surface area contributed by atoms with Crippen molar-refractivity contribution in [3.8, 4) is 0 Å². The number of amides is 1. The summed E-state index contributed by atoms with van der Waals surface area (Å²) >= 11 is 0. The molecule has 0 saturated heterocycles. The molecular formula is C39H53NO7. The fourth-order valence-corrected chi connectivity index (χ4v) is 11.2. The Balaban J connectivity index is 0.000000152. The lowest BCUT2D eigenvalue weighted by molar-refractivity contribution is -0.187. The first kappa shape index (κ1) is 34.9. The van der Waals surface area contributed by atoms with E-state index in [1.54, 1.807) is 0 Å². The molecule has 8 nitrogen and oxygen atoms in total. The Morgan fingerprint density at radius 1 is 0.702 bits per heavy atom. The largest absolute Gasteiger partial charge is 0.481 e. The molecule has 0 aliphatic heterocycles. The SMILES string of the molecule is C.CC12CC3CC(C1)CC(NC(=O)OCc1ccccc1)(C3)C2.O=C(O)C12CC3CC(C1)CC(C(=O)O)(C3)C2.OCc1ccccc1. The van der Waals surface area contributed by atoms with Crippen molar-refractivity contribution in [2.45, 2.75) is 110 Å². The molecule has 1 amide bonds. The Hall–Kier alpha value is -3.39. The van der Waals surface area contributed by atoms with Crippen LogP contribution in [0.1, 0.15) is 103 Å². The summed E-state index contributed by atoms with van der Waals surface area (Å²) in [4.78, 5) is 35.1. The molecule has 8 heteroatoms. The smallest absolute Gasteiger partial charge is 0.407 e. The van der Waals surface area contributed by atoms with E-state index in [0.29, 0.717) is 56.0 Å². The Labute approximate surface area is 279 Å². The molecule has 0 spiro atoms. The van der Waals surface area contributed by atoms with Gasteiger partial charge < -0.3 is 25.4 Å². The van der Waals surface area contributed by atoms with Gasteiger partial charge in [0, 0.05) is 5.54 Å². The third kappa shape index (κ3) is 7.53. The van der Waals surface area contributed by atoms with Crippen molar-refractivity contribution in [3.63, 3.8) is 0 Å². The highest BCUT2D eigenvalue weighted by atomic mass is 16.5. The van der Waals surface area contributed by atoms with Crippen molar-refractivity contribution in [2.24, 2.45) is 39.9 Å². The van der Waals surface area contributed by atoms with Crippen LogP contribution < -0.4 is 5.32 Å². The quantitative estimate of drug-likeness (QED) is 0.251. The number of alkyl carbamates (subject to hydrolysis) is 1. The predicted molar refractivity (Wildman–Crippen MR) is 179 cm³/mol. The highest BCUT2D eigenvalue weighted by molar-refractivity contribution is 5.81. The lowest BCUT2D eigenvalue weighted by atomic mass is 9.44. The van der Waals surface area contributed by atoms with E-state index >= 15 is 0 Å². The van der Waals surface area contributed by atoms with E-state index in [1.165, 1.54) is 19.3 Å². The van der Waals surface area contributed by atoms with Crippen LogP contribution in [0.5, 0.6) is 0 Å². The molecule has 8 fully saturated rings. The van der Waals surface area contributed by atoms with E-state index in [9.17, 15) is 24.6 Å². The Bertz CT molecular complexity index is 1350. The van der Waals surface area contributed by atoms with Gasteiger partial charge in [0.2, 0.25) is 0 Å². The molecule has 2 aromatic rings. The predicted octanol–water partition coefficient (Wildman–Crippen LogP) is 7.83. The molecule has 8 aliphatic carbocycles. The summed E-state index contributed by atoms with van der Waals surface area (Å²) < 4.78 is 5.45. The zero-order valence-corrected chi connectivity index (χ0v) is 27.0. The summed E-state index contributed by atoms with van der Waals surface area (Å²) in [6.45, 7) is 2.91. The molecular weight excluding hydrogens is 594 g/mol. The van der Waals surface area contributed by atoms with Gasteiger partial charge in [-0.05, 0) is 117 Å². The van der Waals surface area contributed by atoms with E-state index in [0.717, 1.165) is 48.6 Å². The van der Waals surface area contributed by atoms with Gasteiger partial charge in [-0.15, -0.1) is 0 Å². The molecule has 47 heavy (non-hydrogen) atoms. The topological polar surface area (TPSA) is 133 Å². The van der Waals surface area contributed by atoms with Crippen LogP contribution in [0.4, 0.5) is 4.79 Å². The zero-order chi connectivity index (χ0) is 32.6. The van der Waals surface area contributed by atoms with Gasteiger partial charge in [0.1, 0.15) is 6.61 Å². The fraction of sp³-hybridized carbons (Fsp3) is 0.615. The molecule has 4 N–H and O–H groups in total. The normalized spacial score (nSPS) is 36.5. The van der Waals surface area contributed by atoms with E-state index in [1.807, 2.05) is 60.7 Å². The second-order valence-corrected chi connectivity index (χ2v) is 16.0. The van der Waals surface area contributed by atoms with Gasteiger partial charge in [-0.1, -0.05) is 75.0 Å². The second kappa shape index (κ2) is 13.6. The molecule has 8 bridgehead atoms. The number of aliphatic hydroxyl groups excluding tert-OH is 1. The fourth-order valence-electron chi connectivity index (χ4n) is 11.2. The third-order valence-electron chi connectivity index (χ3n) is 11.9. The zero-order valence-electron chi connectivity index (χ0n) is 27.0. The number of hydrogen-bond acceptors (Lipinski definition) is 5. The van der Waals surface area contributed by atoms with Crippen LogP contribution in [0.3, 0.4) is 0 Å². The second-order valence-electron chi connectivity index (χ2n) is 16.0. The maximum absolute atomic E-state index is 12.3. The Kier molecular flexibility index (Phi) is 10.1. The van der Waals surface area contributed by atoms with E-state index in [-0.39, 0.29) is 25.7 Å². The number of carbonyl (C=O) groups excluding carboxylic acids is 1. The highest BCUT2D eigenvalue weighted by Gasteiger charge is 2.63. The van der Waals surface area contributed by atoms with Crippen LogP contribution in [-0.2, 0) is 27.5 Å². The van der Waals surface area contributed by atoms with Gasteiger partial charge in [-0.25, -0.2) is 4.79 Å². The molecule has 8 saturated carbocycles. The molecule has 0 heterocycles. The number of hydrogen-bond donors (Lipinski definition) is 4. The molecule has 8 aliphatic rings. The minimum Gasteiger partial charge on any atom is -0.481 e. The first-order valence-corrected chi connectivity index (χ1v) is 17.0. The minimum absolute atomic E-state index is 0. The van der Waals surface area contributed by atoms with Crippen LogP contribution >= 0.6 is 0 Å². The third-order valence-corrected chi connectivity index (χ3v) is 11.9. The molecule has 2 atom stereocenters. The first-order chi connectivity index (χ1) is 21.9. The lowest BCUT2D eigenvalue weighted by Crippen LogP contribution is -2.62. The van der Waals surface area contributed by atoms with Gasteiger partial charge in [0.05, 0.1) is 17.4 Å². The van der Waals surface area contributed by atoms with Crippen molar-refractivity contribution in [1.29, 1.82) is 0 Å². The summed E-state index contributed by atoms with van der Waals surface area (Å²) in [6.07, 6.45) is 11.5. The van der Waals surface area contributed by atoms with Crippen LogP contribution in [0.15, 0.2) is 60.7 Å². The minimum atomic E-state index is -0.771. The van der Waals surface area contributed by atoms with Crippen LogP contribution in [0.2, 0.25) is 0 Å². The Morgan fingerprint density at radius 2 is 1.15 bits per heavy atom. The van der Waals surface area contributed by atoms with Crippen molar-refractivity contribution in [2.75, 3.05) is 0 Å². The van der Waals surface area contributed by atoms with Crippen molar-refractivity contribution < 1.29 is 34.4 Å². The van der Waals surface area contributed by atoms with Gasteiger partial charge in [-0.3, -0.25) is 9.59 Å². The van der Waals surface area contributed by atoms with E-state index in [2.05, 4.69) is 12.2 Å². The van der Waals surface area contributed by atoms with Crippen LogP contribution in [0.25, 0.3) is 0 Å². The summed E-state index contributed by atoms with van der Waals surface area (Å²) in [5, 5.41) is 30.6. The van der Waals surface area contributed by atoms with Gasteiger partial charge in [0.15, 0.2) is 0 Å². The maximum atomic E-state index is 12.3. The first-order valence-electron chi connectivity index (χ1n) is 17.0. The summed E-state index contributed by atoms with van der Waals surface area (Å²) in [7, 11) is 0. The Morgan fingerprint density at radius 3 is 1.55 bits per heavy atom. The van der Waals surface area contributed by atoms with Crippen LogP contribution in [-0.4, -0.2) is 38.9 Å². The number of carboxylic acid groups (broad SMARTS) is 2. The monoisotopic (exact) mass is 647 g/mol. The molecule has 256 valence electrons. The maximum Gasteiger partial charge on any atom is 0.407 e. The number of carbonyl (C=O) groups is 3. The molecule has 10 rings (SSSR count). The van der Waals surface area contributed by atoms with E-state index in [4.69, 9.17) is 9.84 Å². The number of aliphatic carboxylic acids is 2. The molecule has 0 aromatic heterocycles. The van der Waals surface area contributed by atoms with Gasteiger partial charge in [-0.2, -0.15) is 0 Å².